The third-order valence-corrected chi connectivity index (χ3v) is 2.48. The number of rotatable bonds is 6. The van der Waals surface area contributed by atoms with Crippen molar-refractivity contribution < 1.29 is 0 Å². The summed E-state index contributed by atoms with van der Waals surface area (Å²) in [6, 6.07) is 4.18. The number of aromatic nitrogens is 1. The van der Waals surface area contributed by atoms with E-state index in [-0.39, 0.29) is 0 Å². The molecule has 0 aliphatic carbocycles. The molecular weight excluding hydrogens is 200 g/mol. The fourth-order valence-electron chi connectivity index (χ4n) is 1.46. The van der Waals surface area contributed by atoms with Gasteiger partial charge in [-0.3, -0.25) is 4.98 Å². The Labute approximate surface area is 98.3 Å². The Bertz CT molecular complexity index is 312. The van der Waals surface area contributed by atoms with Gasteiger partial charge in [-0.15, -0.1) is 0 Å². The van der Waals surface area contributed by atoms with Crippen molar-refractivity contribution in [3.63, 3.8) is 0 Å². The van der Waals surface area contributed by atoms with Gasteiger partial charge in [0, 0.05) is 38.6 Å². The summed E-state index contributed by atoms with van der Waals surface area (Å²) >= 11 is 0. The van der Waals surface area contributed by atoms with E-state index in [2.05, 4.69) is 53.4 Å². The highest BCUT2D eigenvalue weighted by molar-refractivity contribution is 5.45. The summed E-state index contributed by atoms with van der Waals surface area (Å²) in [6.07, 6.45) is 1.87. The standard InChI is InChI=1S/C12H22N4/c1-13-10-11-9-12(5-6-14-11)16(4)8-7-15(2)3/h5-6,9,13H,7-8,10H2,1-4H3. The molecule has 0 unspecified atom stereocenters. The summed E-state index contributed by atoms with van der Waals surface area (Å²) < 4.78 is 0. The summed E-state index contributed by atoms with van der Waals surface area (Å²) in [7, 11) is 8.23. The lowest BCUT2D eigenvalue weighted by atomic mass is 10.3. The molecule has 4 heteroatoms. The predicted molar refractivity (Wildman–Crippen MR) is 68.8 cm³/mol. The van der Waals surface area contributed by atoms with E-state index in [1.807, 2.05) is 13.2 Å². The van der Waals surface area contributed by atoms with Crippen LogP contribution >= 0.6 is 0 Å². The lowest BCUT2D eigenvalue weighted by molar-refractivity contribution is 0.416. The first kappa shape index (κ1) is 12.9. The molecule has 1 heterocycles. The van der Waals surface area contributed by atoms with Crippen LogP contribution in [-0.2, 0) is 6.54 Å². The number of hydrogen-bond donors (Lipinski definition) is 1. The van der Waals surface area contributed by atoms with E-state index in [4.69, 9.17) is 0 Å². The zero-order chi connectivity index (χ0) is 12.0. The second kappa shape index (κ2) is 6.45. The third kappa shape index (κ3) is 4.16. The van der Waals surface area contributed by atoms with Crippen LogP contribution in [0.25, 0.3) is 0 Å². The maximum atomic E-state index is 4.31. The molecule has 1 aromatic heterocycles. The molecule has 0 aliphatic rings. The number of hydrogen-bond acceptors (Lipinski definition) is 4. The predicted octanol–water partition coefficient (Wildman–Crippen LogP) is 0.799. The van der Waals surface area contributed by atoms with E-state index in [1.165, 1.54) is 5.69 Å². The van der Waals surface area contributed by atoms with E-state index in [9.17, 15) is 0 Å². The summed E-state index contributed by atoms with van der Waals surface area (Å²) in [5.41, 5.74) is 2.30. The Morgan fingerprint density at radius 1 is 1.25 bits per heavy atom. The molecule has 0 saturated carbocycles. The van der Waals surface area contributed by atoms with Gasteiger partial charge in [-0.25, -0.2) is 0 Å². The molecule has 0 radical (unpaired) electrons. The highest BCUT2D eigenvalue weighted by atomic mass is 15.2. The molecule has 1 aromatic rings. The highest BCUT2D eigenvalue weighted by Crippen LogP contribution is 2.12. The van der Waals surface area contributed by atoms with Crippen LogP contribution in [-0.4, -0.2) is 51.2 Å². The molecule has 1 rings (SSSR count). The molecular formula is C12H22N4. The Kier molecular flexibility index (Phi) is 5.22. The van der Waals surface area contributed by atoms with Gasteiger partial charge in [0.15, 0.2) is 0 Å². The number of nitrogens with zero attached hydrogens (tertiary/aromatic N) is 3. The monoisotopic (exact) mass is 222 g/mol. The normalized spacial score (nSPS) is 10.8. The molecule has 0 amide bonds. The first-order valence-corrected chi connectivity index (χ1v) is 5.59. The third-order valence-electron chi connectivity index (χ3n) is 2.48. The zero-order valence-electron chi connectivity index (χ0n) is 10.7. The lowest BCUT2D eigenvalue weighted by Crippen LogP contribution is -2.28. The van der Waals surface area contributed by atoms with E-state index in [1.54, 1.807) is 0 Å². The molecule has 0 fully saturated rings. The van der Waals surface area contributed by atoms with Crippen LogP contribution in [0.5, 0.6) is 0 Å². The van der Waals surface area contributed by atoms with Crippen LogP contribution < -0.4 is 10.2 Å². The first-order chi connectivity index (χ1) is 7.63. The van der Waals surface area contributed by atoms with Gasteiger partial charge in [0.25, 0.3) is 0 Å². The topological polar surface area (TPSA) is 31.4 Å². The second-order valence-electron chi connectivity index (χ2n) is 4.26. The molecule has 0 aromatic carbocycles. The van der Waals surface area contributed by atoms with Gasteiger partial charge in [0.1, 0.15) is 0 Å². The van der Waals surface area contributed by atoms with Crippen LogP contribution in [0.1, 0.15) is 5.69 Å². The Hall–Kier alpha value is -1.13. The minimum atomic E-state index is 0.815. The van der Waals surface area contributed by atoms with Gasteiger partial charge in [0.05, 0.1) is 5.69 Å². The van der Waals surface area contributed by atoms with Gasteiger partial charge < -0.3 is 15.1 Å². The van der Waals surface area contributed by atoms with Gasteiger partial charge in [0.2, 0.25) is 0 Å². The Morgan fingerprint density at radius 3 is 2.62 bits per heavy atom. The van der Waals surface area contributed by atoms with Crippen LogP contribution in [0.3, 0.4) is 0 Å². The van der Waals surface area contributed by atoms with E-state index in [0.29, 0.717) is 0 Å². The maximum absolute atomic E-state index is 4.31. The molecule has 0 atom stereocenters. The summed E-state index contributed by atoms with van der Waals surface area (Å²) in [6.45, 7) is 2.89. The number of likely N-dealkylation sites (N-methyl/N-ethyl adjacent to an activating group) is 2. The Balaban J connectivity index is 2.60. The van der Waals surface area contributed by atoms with Crippen molar-refractivity contribution in [1.82, 2.24) is 15.2 Å². The fraction of sp³-hybridized carbons (Fsp3) is 0.583. The van der Waals surface area contributed by atoms with Crippen LogP contribution in [0.15, 0.2) is 18.3 Å². The van der Waals surface area contributed by atoms with Crippen molar-refractivity contribution in [2.24, 2.45) is 0 Å². The van der Waals surface area contributed by atoms with Crippen molar-refractivity contribution in [3.8, 4) is 0 Å². The molecule has 0 saturated heterocycles. The Morgan fingerprint density at radius 2 is 2.00 bits per heavy atom. The number of pyridine rings is 1. The quantitative estimate of drug-likeness (QED) is 0.771. The van der Waals surface area contributed by atoms with Crippen molar-refractivity contribution in [2.45, 2.75) is 6.54 Å². The van der Waals surface area contributed by atoms with Crippen molar-refractivity contribution in [3.05, 3.63) is 24.0 Å². The number of nitrogens with one attached hydrogen (secondary N) is 1. The molecule has 16 heavy (non-hydrogen) atoms. The molecule has 0 bridgehead atoms. The summed E-state index contributed by atoms with van der Waals surface area (Å²) in [4.78, 5) is 8.74. The van der Waals surface area contributed by atoms with Crippen molar-refractivity contribution in [1.29, 1.82) is 0 Å². The van der Waals surface area contributed by atoms with Crippen LogP contribution in [0, 0.1) is 0 Å². The smallest absolute Gasteiger partial charge is 0.0562 e. The minimum Gasteiger partial charge on any atom is -0.373 e. The largest absolute Gasteiger partial charge is 0.373 e. The summed E-state index contributed by atoms with van der Waals surface area (Å²) in [5, 5.41) is 3.11. The van der Waals surface area contributed by atoms with Gasteiger partial charge in [-0.1, -0.05) is 0 Å². The molecule has 90 valence electrons. The van der Waals surface area contributed by atoms with E-state index < -0.39 is 0 Å². The van der Waals surface area contributed by atoms with E-state index in [0.717, 1.165) is 25.3 Å². The number of anilines is 1. The molecule has 0 spiro atoms. The van der Waals surface area contributed by atoms with Crippen LogP contribution in [0.2, 0.25) is 0 Å². The zero-order valence-corrected chi connectivity index (χ0v) is 10.7. The lowest BCUT2D eigenvalue weighted by Gasteiger charge is -2.21. The first-order valence-electron chi connectivity index (χ1n) is 5.59. The van der Waals surface area contributed by atoms with Gasteiger partial charge in [-0.2, -0.15) is 0 Å². The fourth-order valence-corrected chi connectivity index (χ4v) is 1.46. The molecule has 1 N–H and O–H groups in total. The van der Waals surface area contributed by atoms with Crippen LogP contribution in [0.4, 0.5) is 5.69 Å². The van der Waals surface area contributed by atoms with E-state index >= 15 is 0 Å². The van der Waals surface area contributed by atoms with Crippen molar-refractivity contribution >= 4 is 5.69 Å². The van der Waals surface area contributed by atoms with Gasteiger partial charge >= 0.3 is 0 Å². The minimum absolute atomic E-state index is 0.815. The SMILES string of the molecule is CNCc1cc(N(C)CCN(C)C)ccn1. The average Bonchev–Trinajstić information content (AvgIpc) is 2.26. The molecule has 0 aliphatic heterocycles. The highest BCUT2D eigenvalue weighted by Gasteiger charge is 2.02. The molecule has 4 nitrogen and oxygen atoms in total. The average molecular weight is 222 g/mol. The summed E-state index contributed by atoms with van der Waals surface area (Å²) in [5.74, 6) is 0. The second-order valence-corrected chi connectivity index (χ2v) is 4.26. The van der Waals surface area contributed by atoms with Gasteiger partial charge in [-0.05, 0) is 33.3 Å². The maximum Gasteiger partial charge on any atom is 0.0562 e. The van der Waals surface area contributed by atoms with Crippen molar-refractivity contribution in [2.75, 3.05) is 46.2 Å².